The molecule has 7 rings (SSSR count). The third-order valence-corrected chi connectivity index (χ3v) is 11.7. The van der Waals surface area contributed by atoms with Crippen molar-refractivity contribution in [2.45, 2.75) is 89.4 Å². The van der Waals surface area contributed by atoms with Crippen LogP contribution in [0.1, 0.15) is 96.0 Å². The molecule has 6 amide bonds. The molecule has 3 aliphatic heterocycles. The van der Waals surface area contributed by atoms with Gasteiger partial charge in [-0.05, 0) is 49.9 Å². The van der Waals surface area contributed by atoms with Crippen LogP contribution in [0.25, 0.3) is 0 Å². The third-order valence-electron chi connectivity index (χ3n) is 11.7. The Labute approximate surface area is 361 Å². The number of rotatable bonds is 17. The van der Waals surface area contributed by atoms with Gasteiger partial charge in [0.15, 0.2) is 5.82 Å². The van der Waals surface area contributed by atoms with Crippen molar-refractivity contribution in [2.75, 3.05) is 62.1 Å². The minimum absolute atomic E-state index is 0. The Morgan fingerprint density at radius 1 is 1.00 bits per heavy atom. The molecular weight excluding hydrogens is 806 g/mol. The zero-order chi connectivity index (χ0) is 42.3. The van der Waals surface area contributed by atoms with Gasteiger partial charge in [-0.25, -0.2) is 9.97 Å². The first-order valence-corrected chi connectivity index (χ1v) is 20.8. The molecule has 2 fully saturated rings. The quantitative estimate of drug-likeness (QED) is 0.114. The number of anilines is 3. The SMILES string of the molecule is CC[C@@H]1C(=O)N(C)c2cnc(Cc3ccc(C(=O)NCCOCCNCCC(=O)Nc4cccc5c4CN(C4CCC(=O)NC4=O)C5=O)cc3OC)nc2N1C1CCCC1.Cl. The maximum absolute atomic E-state index is 13.3. The Morgan fingerprint density at radius 3 is 2.54 bits per heavy atom. The summed E-state index contributed by atoms with van der Waals surface area (Å²) in [6.45, 7) is 4.07. The van der Waals surface area contributed by atoms with E-state index in [1.165, 1.54) is 4.90 Å². The molecule has 61 heavy (non-hydrogen) atoms. The fourth-order valence-electron chi connectivity index (χ4n) is 8.53. The minimum atomic E-state index is -0.731. The van der Waals surface area contributed by atoms with E-state index in [-0.39, 0.29) is 79.8 Å². The second-order valence-corrected chi connectivity index (χ2v) is 15.5. The Morgan fingerprint density at radius 2 is 1.79 bits per heavy atom. The van der Waals surface area contributed by atoms with E-state index >= 15 is 0 Å². The number of hydrogen-bond donors (Lipinski definition) is 4. The molecule has 4 aliphatic rings. The number of likely N-dealkylation sites (N-methyl/N-ethyl adjacent to an activating group) is 1. The van der Waals surface area contributed by atoms with E-state index in [2.05, 4.69) is 31.2 Å². The van der Waals surface area contributed by atoms with Crippen LogP contribution < -0.4 is 35.8 Å². The van der Waals surface area contributed by atoms with Gasteiger partial charge in [0.2, 0.25) is 23.6 Å². The molecule has 2 aromatic carbocycles. The highest BCUT2D eigenvalue weighted by molar-refractivity contribution is 6.07. The van der Waals surface area contributed by atoms with Gasteiger partial charge in [-0.2, -0.15) is 0 Å². The molecular formula is C43H54ClN9O8. The van der Waals surface area contributed by atoms with Crippen molar-refractivity contribution in [3.05, 3.63) is 70.7 Å². The van der Waals surface area contributed by atoms with Crippen LogP contribution in [-0.2, 0) is 36.9 Å². The van der Waals surface area contributed by atoms with Crippen LogP contribution in [0.15, 0.2) is 42.6 Å². The molecule has 17 nitrogen and oxygen atoms in total. The fraction of sp³-hybridized carbons (Fsp3) is 0.488. The lowest BCUT2D eigenvalue weighted by molar-refractivity contribution is -0.137. The first-order chi connectivity index (χ1) is 29.1. The molecule has 4 N–H and O–H groups in total. The molecule has 1 aliphatic carbocycles. The van der Waals surface area contributed by atoms with Crippen LogP contribution in [0.4, 0.5) is 17.2 Å². The molecule has 3 aromatic rings. The standard InChI is InChI=1S/C43H53N9O8.ClH/c1-4-32-43(58)50(2)34-24-46-36(48-39(34)52(32)28-8-5-6-9-28)23-26-12-13-27(22-35(26)59-3)40(55)45-19-21-60-20-18-44-17-16-38(54)47-31-11-7-10-29-30(31)25-51(42(29)57)33-14-15-37(53)49-41(33)56;/h7,10-13,22,24,28,32-33,44H,4-6,8-9,14-21,23,25H2,1-3H3,(H,45,55)(H,47,54)(H,49,53,56);1H/t32-,33?;/m1./s1. The van der Waals surface area contributed by atoms with E-state index in [0.717, 1.165) is 42.8 Å². The van der Waals surface area contributed by atoms with Gasteiger partial charge in [0.25, 0.3) is 11.8 Å². The Balaban J connectivity index is 0.00000622. The van der Waals surface area contributed by atoms with Crippen molar-refractivity contribution < 1.29 is 38.2 Å². The number of methoxy groups -OCH3 is 1. The second kappa shape index (κ2) is 20.3. The Hall–Kier alpha value is -5.65. The number of halogens is 1. The third kappa shape index (κ3) is 9.95. The van der Waals surface area contributed by atoms with Crippen molar-refractivity contribution in [1.29, 1.82) is 0 Å². The summed E-state index contributed by atoms with van der Waals surface area (Å²) in [5, 5.41) is 11.2. The fourth-order valence-corrected chi connectivity index (χ4v) is 8.53. The average molecular weight is 860 g/mol. The van der Waals surface area contributed by atoms with E-state index in [0.29, 0.717) is 79.6 Å². The summed E-state index contributed by atoms with van der Waals surface area (Å²) in [5.74, 6) is 0.393. The number of carbonyl (C=O) groups is 6. The van der Waals surface area contributed by atoms with Crippen LogP contribution in [0.2, 0.25) is 0 Å². The summed E-state index contributed by atoms with van der Waals surface area (Å²) in [5.41, 5.74) is 3.59. The number of nitrogens with zero attached hydrogens (tertiary/aromatic N) is 5. The van der Waals surface area contributed by atoms with Crippen LogP contribution in [0.5, 0.6) is 5.75 Å². The number of carbonyl (C=O) groups excluding carboxylic acids is 6. The molecule has 1 saturated carbocycles. The monoisotopic (exact) mass is 859 g/mol. The molecule has 2 atom stereocenters. The van der Waals surface area contributed by atoms with Gasteiger partial charge < -0.3 is 40.1 Å². The molecule has 1 unspecified atom stereocenters. The van der Waals surface area contributed by atoms with E-state index < -0.39 is 11.9 Å². The van der Waals surface area contributed by atoms with Crippen molar-refractivity contribution in [3.8, 4) is 5.75 Å². The molecule has 0 radical (unpaired) electrons. The summed E-state index contributed by atoms with van der Waals surface area (Å²) >= 11 is 0. The number of fused-ring (bicyclic) bond motifs is 2. The predicted octanol–water partition coefficient (Wildman–Crippen LogP) is 3.13. The van der Waals surface area contributed by atoms with Gasteiger partial charge in [-0.1, -0.05) is 31.9 Å². The van der Waals surface area contributed by atoms with Gasteiger partial charge in [-0.15, -0.1) is 12.4 Å². The maximum Gasteiger partial charge on any atom is 0.255 e. The van der Waals surface area contributed by atoms with Gasteiger partial charge in [-0.3, -0.25) is 34.1 Å². The predicted molar refractivity (Wildman–Crippen MR) is 229 cm³/mol. The first-order valence-electron chi connectivity index (χ1n) is 20.8. The topological polar surface area (TPSA) is 204 Å². The molecule has 18 heteroatoms. The lowest BCUT2D eigenvalue weighted by Gasteiger charge is -2.43. The lowest BCUT2D eigenvalue weighted by Crippen LogP contribution is -2.55. The van der Waals surface area contributed by atoms with E-state index in [9.17, 15) is 28.8 Å². The van der Waals surface area contributed by atoms with Crippen LogP contribution in [0.3, 0.4) is 0 Å². The van der Waals surface area contributed by atoms with Crippen molar-refractivity contribution in [2.24, 2.45) is 0 Å². The van der Waals surface area contributed by atoms with Gasteiger partial charge in [0.1, 0.15) is 29.3 Å². The van der Waals surface area contributed by atoms with Crippen LogP contribution >= 0.6 is 12.4 Å². The number of imide groups is 1. The van der Waals surface area contributed by atoms with E-state index in [1.807, 2.05) is 13.0 Å². The van der Waals surface area contributed by atoms with E-state index in [1.54, 1.807) is 55.6 Å². The highest BCUT2D eigenvalue weighted by atomic mass is 35.5. The van der Waals surface area contributed by atoms with Crippen molar-refractivity contribution in [3.63, 3.8) is 0 Å². The zero-order valence-corrected chi connectivity index (χ0v) is 35.6. The van der Waals surface area contributed by atoms with Crippen LogP contribution in [-0.4, -0.2) is 115 Å². The van der Waals surface area contributed by atoms with Crippen molar-refractivity contribution >= 4 is 65.0 Å². The minimum Gasteiger partial charge on any atom is -0.496 e. The summed E-state index contributed by atoms with van der Waals surface area (Å²) in [7, 11) is 3.35. The lowest BCUT2D eigenvalue weighted by atomic mass is 10.0. The van der Waals surface area contributed by atoms with Crippen LogP contribution in [0, 0.1) is 0 Å². The molecule has 326 valence electrons. The number of ether oxygens (including phenoxy) is 2. The normalized spacial score (nSPS) is 18.7. The molecule has 4 heterocycles. The highest BCUT2D eigenvalue weighted by Crippen LogP contribution is 2.40. The summed E-state index contributed by atoms with van der Waals surface area (Å²) < 4.78 is 11.4. The summed E-state index contributed by atoms with van der Waals surface area (Å²) in [6, 6.07) is 9.68. The maximum atomic E-state index is 13.3. The average Bonchev–Trinajstić information content (AvgIpc) is 3.90. The van der Waals surface area contributed by atoms with Crippen molar-refractivity contribution in [1.82, 2.24) is 30.8 Å². The van der Waals surface area contributed by atoms with E-state index in [4.69, 9.17) is 14.5 Å². The molecule has 1 aromatic heterocycles. The number of hydrogen-bond acceptors (Lipinski definition) is 12. The first kappa shape index (κ1) is 44.9. The number of amides is 6. The largest absolute Gasteiger partial charge is 0.496 e. The molecule has 0 spiro atoms. The zero-order valence-electron chi connectivity index (χ0n) is 34.8. The number of nitrogens with one attached hydrogen (secondary N) is 4. The number of aromatic nitrogens is 2. The number of piperidine rings is 1. The van der Waals surface area contributed by atoms with Gasteiger partial charge >= 0.3 is 0 Å². The summed E-state index contributed by atoms with van der Waals surface area (Å²) in [4.78, 5) is 91.0. The highest BCUT2D eigenvalue weighted by Gasteiger charge is 2.42. The smallest absolute Gasteiger partial charge is 0.255 e. The molecule has 1 saturated heterocycles. The summed E-state index contributed by atoms with van der Waals surface area (Å²) in [6.07, 6.45) is 7.81. The number of benzene rings is 2. The van der Waals surface area contributed by atoms with Gasteiger partial charge in [0, 0.05) is 86.5 Å². The second-order valence-electron chi connectivity index (χ2n) is 15.5. The van der Waals surface area contributed by atoms with Gasteiger partial charge in [0.05, 0.1) is 26.5 Å². The molecule has 0 bridgehead atoms. The Kier molecular flexibility index (Phi) is 14.9. The Bertz CT molecular complexity index is 2150.